The SMILES string of the molecule is COC(=O)N1CC[C@](CO)(Nc2nc(-c3cnc(N)nc3)nc(N3CCOCC3)n2)C1. The van der Waals surface area contributed by atoms with Crippen molar-refractivity contribution in [1.82, 2.24) is 29.8 Å². The molecule has 4 heterocycles. The number of aliphatic hydroxyl groups is 1. The predicted octanol–water partition coefficient (Wildman–Crippen LogP) is -0.637. The van der Waals surface area contributed by atoms with Crippen molar-refractivity contribution in [2.45, 2.75) is 12.0 Å². The van der Waals surface area contributed by atoms with E-state index in [1.165, 1.54) is 12.0 Å². The molecule has 0 spiro atoms. The van der Waals surface area contributed by atoms with Crippen molar-refractivity contribution in [3.8, 4) is 11.4 Å². The molecule has 13 nitrogen and oxygen atoms in total. The molecule has 0 bridgehead atoms. The molecule has 4 N–H and O–H groups in total. The summed E-state index contributed by atoms with van der Waals surface area (Å²) in [4.78, 5) is 37.1. The molecule has 2 aromatic rings. The minimum Gasteiger partial charge on any atom is -0.453 e. The van der Waals surface area contributed by atoms with Gasteiger partial charge in [-0.2, -0.15) is 15.0 Å². The molecule has 2 aliphatic heterocycles. The number of nitrogens with zero attached hydrogens (tertiary/aromatic N) is 7. The number of hydrogen-bond acceptors (Lipinski definition) is 12. The second-order valence-electron chi connectivity index (χ2n) is 7.42. The van der Waals surface area contributed by atoms with Gasteiger partial charge in [-0.3, -0.25) is 0 Å². The van der Waals surface area contributed by atoms with Crippen LogP contribution in [0.3, 0.4) is 0 Å². The highest BCUT2D eigenvalue weighted by Crippen LogP contribution is 2.27. The van der Waals surface area contributed by atoms with Gasteiger partial charge in [-0.15, -0.1) is 0 Å². The molecule has 0 radical (unpaired) electrons. The Morgan fingerprint density at radius 2 is 2.00 bits per heavy atom. The van der Waals surface area contributed by atoms with Crippen molar-refractivity contribution >= 4 is 23.9 Å². The Morgan fingerprint density at radius 3 is 2.68 bits per heavy atom. The van der Waals surface area contributed by atoms with Crippen molar-refractivity contribution < 1.29 is 19.4 Å². The molecule has 31 heavy (non-hydrogen) atoms. The van der Waals surface area contributed by atoms with Crippen LogP contribution in [0.25, 0.3) is 11.4 Å². The number of methoxy groups -OCH3 is 1. The zero-order valence-electron chi connectivity index (χ0n) is 17.2. The third kappa shape index (κ3) is 4.56. The highest BCUT2D eigenvalue weighted by atomic mass is 16.5. The molecular formula is C18H25N9O4. The Kier molecular flexibility index (Phi) is 5.95. The van der Waals surface area contributed by atoms with Gasteiger partial charge in [0.25, 0.3) is 0 Å². The number of likely N-dealkylation sites (tertiary alicyclic amines) is 1. The Morgan fingerprint density at radius 1 is 1.26 bits per heavy atom. The number of aromatic nitrogens is 5. The van der Waals surface area contributed by atoms with E-state index in [4.69, 9.17) is 15.2 Å². The summed E-state index contributed by atoms with van der Waals surface area (Å²) in [6, 6.07) is 0. The number of anilines is 3. The lowest BCUT2D eigenvalue weighted by atomic mass is 10.0. The van der Waals surface area contributed by atoms with E-state index in [2.05, 4.69) is 30.2 Å². The van der Waals surface area contributed by atoms with E-state index in [-0.39, 0.29) is 25.0 Å². The van der Waals surface area contributed by atoms with E-state index in [9.17, 15) is 9.90 Å². The summed E-state index contributed by atoms with van der Waals surface area (Å²) < 4.78 is 10.2. The van der Waals surface area contributed by atoms with Crippen LogP contribution in [0.4, 0.5) is 22.6 Å². The maximum atomic E-state index is 11.9. The first-order valence-electron chi connectivity index (χ1n) is 9.90. The van der Waals surface area contributed by atoms with Gasteiger partial charge in [0.15, 0.2) is 5.82 Å². The molecule has 13 heteroatoms. The molecule has 2 fully saturated rings. The molecule has 2 saturated heterocycles. The van der Waals surface area contributed by atoms with Crippen LogP contribution in [-0.2, 0) is 9.47 Å². The first-order valence-corrected chi connectivity index (χ1v) is 9.90. The van der Waals surface area contributed by atoms with Crippen molar-refractivity contribution in [3.63, 3.8) is 0 Å². The molecule has 0 aliphatic carbocycles. The minimum atomic E-state index is -0.799. The van der Waals surface area contributed by atoms with Crippen LogP contribution in [0.2, 0.25) is 0 Å². The molecule has 2 aliphatic rings. The number of nitrogens with two attached hydrogens (primary N) is 1. The van der Waals surface area contributed by atoms with E-state index >= 15 is 0 Å². The second-order valence-corrected chi connectivity index (χ2v) is 7.42. The van der Waals surface area contributed by atoms with Crippen LogP contribution < -0.4 is 16.0 Å². The molecule has 166 valence electrons. The Hall–Kier alpha value is -3.32. The largest absolute Gasteiger partial charge is 0.453 e. The molecule has 2 aromatic heterocycles. The average Bonchev–Trinajstić information content (AvgIpc) is 3.24. The first kappa shape index (κ1) is 20.9. The monoisotopic (exact) mass is 431 g/mol. The standard InChI is InChI=1S/C18H25N9O4/c1-30-17(29)27-3-2-18(10-27,11-28)25-15-22-13(12-8-20-14(19)21-9-12)23-16(24-15)26-4-6-31-7-5-26/h8-9,28H,2-7,10-11H2,1H3,(H2,19,20,21)(H,22,23,24,25)/t18-/m0/s1. The normalized spacial score (nSPS) is 21.2. The number of ether oxygens (including phenoxy) is 2. The summed E-state index contributed by atoms with van der Waals surface area (Å²) in [7, 11) is 1.33. The average molecular weight is 431 g/mol. The number of aliphatic hydroxyl groups excluding tert-OH is 1. The van der Waals surface area contributed by atoms with Crippen molar-refractivity contribution in [2.24, 2.45) is 0 Å². The Balaban J connectivity index is 1.66. The van der Waals surface area contributed by atoms with Gasteiger partial charge in [0.2, 0.25) is 17.8 Å². The molecule has 0 unspecified atom stereocenters. The van der Waals surface area contributed by atoms with Crippen molar-refractivity contribution in [1.29, 1.82) is 0 Å². The fourth-order valence-electron chi connectivity index (χ4n) is 3.57. The lowest BCUT2D eigenvalue weighted by Gasteiger charge is -2.30. The lowest BCUT2D eigenvalue weighted by Crippen LogP contribution is -2.46. The number of rotatable bonds is 5. The molecule has 0 saturated carbocycles. The highest BCUT2D eigenvalue weighted by Gasteiger charge is 2.41. The van der Waals surface area contributed by atoms with E-state index in [1.807, 2.05) is 4.90 Å². The van der Waals surface area contributed by atoms with Crippen molar-refractivity contribution in [2.75, 3.05) is 69.1 Å². The smallest absolute Gasteiger partial charge is 0.409 e. The fraction of sp³-hybridized carbons (Fsp3) is 0.556. The number of amides is 1. The zero-order valence-corrected chi connectivity index (χ0v) is 17.2. The van der Waals surface area contributed by atoms with E-state index in [0.29, 0.717) is 56.6 Å². The zero-order chi connectivity index (χ0) is 21.8. The number of carbonyl (C=O) groups is 1. The van der Waals surface area contributed by atoms with Crippen LogP contribution in [0.15, 0.2) is 12.4 Å². The Labute approximate surface area is 178 Å². The summed E-state index contributed by atoms with van der Waals surface area (Å²) >= 11 is 0. The maximum absolute atomic E-state index is 11.9. The van der Waals surface area contributed by atoms with Crippen LogP contribution in [0.1, 0.15) is 6.42 Å². The second kappa shape index (κ2) is 8.81. The van der Waals surface area contributed by atoms with Gasteiger partial charge in [0.1, 0.15) is 0 Å². The number of morpholine rings is 1. The molecule has 0 aromatic carbocycles. The van der Waals surface area contributed by atoms with Gasteiger partial charge in [0.05, 0.1) is 38.0 Å². The number of nitrogens with one attached hydrogen (secondary N) is 1. The van der Waals surface area contributed by atoms with Gasteiger partial charge < -0.3 is 35.4 Å². The van der Waals surface area contributed by atoms with E-state index < -0.39 is 11.6 Å². The van der Waals surface area contributed by atoms with Gasteiger partial charge in [-0.25, -0.2) is 14.8 Å². The van der Waals surface area contributed by atoms with Gasteiger partial charge in [-0.05, 0) is 6.42 Å². The van der Waals surface area contributed by atoms with E-state index in [1.54, 1.807) is 12.4 Å². The highest BCUT2D eigenvalue weighted by molar-refractivity contribution is 5.68. The number of nitrogen functional groups attached to an aromatic ring is 1. The lowest BCUT2D eigenvalue weighted by molar-refractivity contribution is 0.122. The van der Waals surface area contributed by atoms with Crippen LogP contribution in [-0.4, -0.2) is 99.7 Å². The summed E-state index contributed by atoms with van der Waals surface area (Å²) in [6.45, 7) is 2.92. The maximum Gasteiger partial charge on any atom is 0.409 e. The quantitative estimate of drug-likeness (QED) is 0.549. The third-order valence-electron chi connectivity index (χ3n) is 5.31. The predicted molar refractivity (Wildman–Crippen MR) is 110 cm³/mol. The number of hydrogen-bond donors (Lipinski definition) is 3. The summed E-state index contributed by atoms with van der Waals surface area (Å²) in [5.74, 6) is 1.28. The summed E-state index contributed by atoms with van der Waals surface area (Å²) in [6.07, 6.45) is 3.15. The minimum absolute atomic E-state index is 0.151. The van der Waals surface area contributed by atoms with Gasteiger partial charge in [0, 0.05) is 38.6 Å². The first-order chi connectivity index (χ1) is 15.0. The van der Waals surface area contributed by atoms with Crippen molar-refractivity contribution in [3.05, 3.63) is 12.4 Å². The number of carbonyl (C=O) groups excluding carboxylic acids is 1. The van der Waals surface area contributed by atoms with Gasteiger partial charge >= 0.3 is 6.09 Å². The van der Waals surface area contributed by atoms with Crippen LogP contribution >= 0.6 is 0 Å². The van der Waals surface area contributed by atoms with Crippen LogP contribution in [0.5, 0.6) is 0 Å². The summed E-state index contributed by atoms with van der Waals surface area (Å²) in [5.41, 5.74) is 5.37. The Bertz CT molecular complexity index is 923. The molecule has 1 amide bonds. The molecule has 4 rings (SSSR count). The summed E-state index contributed by atoms with van der Waals surface area (Å²) in [5, 5.41) is 13.3. The van der Waals surface area contributed by atoms with Crippen LogP contribution in [0, 0.1) is 0 Å². The van der Waals surface area contributed by atoms with E-state index in [0.717, 1.165) is 0 Å². The van der Waals surface area contributed by atoms with Gasteiger partial charge in [-0.1, -0.05) is 0 Å². The fourth-order valence-corrected chi connectivity index (χ4v) is 3.57. The molecule has 1 atom stereocenters. The topological polar surface area (TPSA) is 165 Å². The third-order valence-corrected chi connectivity index (χ3v) is 5.31. The molecular weight excluding hydrogens is 406 g/mol.